The number of pyridine rings is 2. The van der Waals surface area contributed by atoms with Crippen LogP contribution in [-0.2, 0) is 21.1 Å². The summed E-state index contributed by atoms with van der Waals surface area (Å²) >= 11 is 0. The standard InChI is InChI=1S/2C23H24N4.C21H19N5/c1-26-11-9-16(10-12-26)21-7-5-19-13-17(3-6-22(19)24-21)18-4-8-23-20(14-18)15-27(2)25-23;1-15-11-23(16-7-9-24-10-8-16)25-22-6-4-18(13-20(15)22)17-3-5-21-19(12-17)14-27(2)26-21;1-26-13-18-10-16(4-5-19(18)25-26)21-12-17-3-2-15(11-20(17)23-24-21)14-6-8-22-9-7-14/h3-8,13-16H,9-12H2,1-2H3;3-6,11-14,16,24H,7-10H2,1-2H3;2-6,10-13,22H,7-9H2,1H3. The van der Waals surface area contributed by atoms with Crippen LogP contribution in [0.1, 0.15) is 66.5 Å². The quantitative estimate of drug-likeness (QED) is 0.166. The molecule has 0 saturated carbocycles. The highest BCUT2D eigenvalue weighted by molar-refractivity contribution is 5.92. The molecule has 0 bridgehead atoms. The number of benzene rings is 6. The molecule has 0 spiro atoms. The van der Waals surface area contributed by atoms with Gasteiger partial charge in [-0.1, -0.05) is 54.6 Å². The van der Waals surface area contributed by atoms with Crippen LogP contribution in [-0.4, -0.2) is 101 Å². The average molecular weight is 1050 g/mol. The zero-order chi connectivity index (χ0) is 54.3. The Kier molecular flexibility index (Phi) is 14.0. The van der Waals surface area contributed by atoms with Crippen LogP contribution in [0.2, 0.25) is 0 Å². The minimum Gasteiger partial charge on any atom is -0.317 e. The van der Waals surface area contributed by atoms with Gasteiger partial charge in [0.25, 0.3) is 0 Å². The van der Waals surface area contributed by atoms with Gasteiger partial charge >= 0.3 is 0 Å². The molecule has 6 aromatic carbocycles. The summed E-state index contributed by atoms with van der Waals surface area (Å²) in [6, 6.07) is 47.7. The minimum atomic E-state index is 0.585. The summed E-state index contributed by atoms with van der Waals surface area (Å²) < 4.78 is 5.56. The van der Waals surface area contributed by atoms with Gasteiger partial charge in [0.15, 0.2) is 0 Å². The van der Waals surface area contributed by atoms with E-state index in [0.717, 1.165) is 87.7 Å². The lowest BCUT2D eigenvalue weighted by molar-refractivity contribution is 0.253. The molecule has 2 fully saturated rings. The van der Waals surface area contributed by atoms with Crippen molar-refractivity contribution < 1.29 is 0 Å². The Morgan fingerprint density at radius 1 is 0.425 bits per heavy atom. The zero-order valence-electron chi connectivity index (χ0n) is 46.4. The van der Waals surface area contributed by atoms with Crippen LogP contribution in [0.5, 0.6) is 0 Å². The van der Waals surface area contributed by atoms with E-state index in [2.05, 4.69) is 201 Å². The number of piperidine rings is 2. The first-order chi connectivity index (χ1) is 39.1. The van der Waals surface area contributed by atoms with Crippen LogP contribution in [0.3, 0.4) is 0 Å². The van der Waals surface area contributed by atoms with Gasteiger partial charge in [0.1, 0.15) is 0 Å². The Hall–Kier alpha value is -8.49. The molecule has 3 aliphatic heterocycles. The topological polar surface area (TPSA) is 132 Å². The summed E-state index contributed by atoms with van der Waals surface area (Å²) in [4.78, 5) is 12.4. The van der Waals surface area contributed by atoms with E-state index >= 15 is 0 Å². The second-order valence-corrected chi connectivity index (χ2v) is 22.3. The van der Waals surface area contributed by atoms with Gasteiger partial charge in [0.2, 0.25) is 0 Å². The number of rotatable bonds is 6. The number of nitrogens with one attached hydrogen (secondary N) is 2. The van der Waals surface area contributed by atoms with Crippen molar-refractivity contribution in [2.75, 3.05) is 46.3 Å². The van der Waals surface area contributed by atoms with Gasteiger partial charge < -0.3 is 15.5 Å². The molecule has 3 aliphatic rings. The first-order valence-electron chi connectivity index (χ1n) is 28.3. The van der Waals surface area contributed by atoms with E-state index in [1.807, 2.05) is 47.5 Å². The molecule has 80 heavy (non-hydrogen) atoms. The molecule has 9 heterocycles. The molecule has 0 atom stereocenters. The van der Waals surface area contributed by atoms with Crippen LogP contribution in [0.15, 0.2) is 158 Å². The summed E-state index contributed by atoms with van der Waals surface area (Å²) in [7, 11) is 8.06. The van der Waals surface area contributed by atoms with E-state index in [9.17, 15) is 0 Å². The second-order valence-electron chi connectivity index (χ2n) is 22.3. The van der Waals surface area contributed by atoms with Gasteiger partial charge in [-0.2, -0.15) is 15.3 Å². The van der Waals surface area contributed by atoms with Gasteiger partial charge in [-0.15, -0.1) is 10.2 Å². The van der Waals surface area contributed by atoms with Crippen molar-refractivity contribution in [1.29, 1.82) is 0 Å². The highest BCUT2D eigenvalue weighted by Crippen LogP contribution is 2.34. The molecule has 0 unspecified atom stereocenters. The number of hydrogen-bond acceptors (Lipinski definition) is 10. The minimum absolute atomic E-state index is 0.585. The Morgan fingerprint density at radius 3 is 1.59 bits per heavy atom. The lowest BCUT2D eigenvalue weighted by atomic mass is 9.92. The summed E-state index contributed by atoms with van der Waals surface area (Å²) in [5.74, 6) is 1.18. The summed E-state index contributed by atoms with van der Waals surface area (Å²) in [5.41, 5.74) is 19.5. The predicted octanol–water partition coefficient (Wildman–Crippen LogP) is 12.7. The van der Waals surface area contributed by atoms with Gasteiger partial charge in [0.05, 0.1) is 38.8 Å². The smallest absolute Gasteiger partial charge is 0.0936 e. The molecule has 13 heteroatoms. The van der Waals surface area contributed by atoms with Crippen LogP contribution >= 0.6 is 0 Å². The molecule has 2 saturated heterocycles. The van der Waals surface area contributed by atoms with E-state index in [1.54, 1.807) is 0 Å². The number of aromatic nitrogens is 10. The number of fused-ring (bicyclic) bond motifs is 6. The van der Waals surface area contributed by atoms with Crippen molar-refractivity contribution in [3.63, 3.8) is 0 Å². The zero-order valence-corrected chi connectivity index (χ0v) is 46.4. The third-order valence-electron chi connectivity index (χ3n) is 16.5. The van der Waals surface area contributed by atoms with Gasteiger partial charge in [0, 0.05) is 107 Å². The molecule has 2 N–H and O–H groups in total. The van der Waals surface area contributed by atoms with E-state index in [4.69, 9.17) is 9.97 Å². The molecule has 0 aliphatic carbocycles. The maximum absolute atomic E-state index is 5.01. The largest absolute Gasteiger partial charge is 0.317 e. The Balaban J connectivity index is 0.000000113. The van der Waals surface area contributed by atoms with Gasteiger partial charge in [-0.3, -0.25) is 24.0 Å². The van der Waals surface area contributed by atoms with Crippen LogP contribution in [0.4, 0.5) is 0 Å². The molecule has 6 aromatic heterocycles. The Labute approximate surface area is 466 Å². The van der Waals surface area contributed by atoms with Crippen molar-refractivity contribution in [3.8, 4) is 33.5 Å². The summed E-state index contributed by atoms with van der Waals surface area (Å²) in [5, 5.41) is 36.1. The first-order valence-corrected chi connectivity index (χ1v) is 28.3. The van der Waals surface area contributed by atoms with Crippen LogP contribution in [0.25, 0.3) is 105 Å². The molecule has 15 rings (SSSR count). The van der Waals surface area contributed by atoms with Crippen LogP contribution < -0.4 is 10.6 Å². The number of aryl methyl sites for hydroxylation is 4. The maximum Gasteiger partial charge on any atom is 0.0936 e. The highest BCUT2D eigenvalue weighted by atomic mass is 15.3. The molecular weight excluding hydrogens is 987 g/mol. The molecule has 0 radical (unpaired) electrons. The van der Waals surface area contributed by atoms with E-state index in [0.29, 0.717) is 11.8 Å². The van der Waals surface area contributed by atoms with E-state index in [1.165, 1.54) is 111 Å². The first kappa shape index (κ1) is 51.0. The number of nitrogens with zero attached hydrogens (tertiary/aromatic N) is 11. The Morgan fingerprint density at radius 2 is 0.950 bits per heavy atom. The fraction of sp³-hybridized carbons (Fsp3) is 0.269. The molecule has 0 amide bonds. The number of hydrogen-bond donors (Lipinski definition) is 2. The van der Waals surface area contributed by atoms with Crippen molar-refractivity contribution in [2.24, 2.45) is 21.1 Å². The van der Waals surface area contributed by atoms with Gasteiger partial charge in [-0.05, 0) is 203 Å². The molecule has 400 valence electrons. The predicted molar refractivity (Wildman–Crippen MR) is 327 cm³/mol. The van der Waals surface area contributed by atoms with Crippen molar-refractivity contribution in [3.05, 3.63) is 181 Å². The van der Waals surface area contributed by atoms with Crippen molar-refractivity contribution in [1.82, 2.24) is 65.0 Å². The van der Waals surface area contributed by atoms with Crippen molar-refractivity contribution in [2.45, 2.75) is 50.9 Å². The summed E-state index contributed by atoms with van der Waals surface area (Å²) in [6.07, 6.45) is 14.2. The third-order valence-corrected chi connectivity index (χ3v) is 16.5. The monoisotopic (exact) mass is 1050 g/mol. The van der Waals surface area contributed by atoms with Crippen molar-refractivity contribution >= 4 is 71.0 Å². The normalized spacial score (nSPS) is 15.6. The summed E-state index contributed by atoms with van der Waals surface area (Å²) in [6.45, 7) is 8.71. The fourth-order valence-electron chi connectivity index (χ4n) is 12.0. The fourth-order valence-corrected chi connectivity index (χ4v) is 12.0. The van der Waals surface area contributed by atoms with E-state index in [-0.39, 0.29) is 0 Å². The molecular formula is C67H67N13. The third kappa shape index (κ3) is 10.8. The highest BCUT2D eigenvalue weighted by Gasteiger charge is 2.21. The second kappa shape index (κ2) is 22.0. The average Bonchev–Trinajstić information content (AvgIpc) is 4.21. The lowest BCUT2D eigenvalue weighted by Crippen LogP contribution is -2.29. The van der Waals surface area contributed by atoms with Gasteiger partial charge in [-0.25, -0.2) is 0 Å². The number of likely N-dealkylation sites (tertiary alicyclic amines) is 1. The maximum atomic E-state index is 5.01. The lowest BCUT2D eigenvalue weighted by Gasteiger charge is -2.28. The Bertz CT molecular complexity index is 4280. The molecule has 13 nitrogen and oxygen atoms in total. The molecule has 12 aromatic rings. The van der Waals surface area contributed by atoms with Crippen LogP contribution in [0, 0.1) is 6.92 Å². The SMILES string of the molecule is CN1CCC(c2ccc3cc(-c4ccc5nn(C)cc5c4)ccc3n2)CC1.Cc1cc(C2CCNCC2)nc2ccc(-c3ccc4nn(C)cc4c3)cc12.Cn1cc2cc(-c3cc4ccc(C5=CCNCC5)cc4nn3)ccc2n1. The van der Waals surface area contributed by atoms with E-state index < -0.39 is 0 Å².